The highest BCUT2D eigenvalue weighted by Crippen LogP contribution is 2.28. The highest BCUT2D eigenvalue weighted by molar-refractivity contribution is 5.84. The van der Waals surface area contributed by atoms with Crippen LogP contribution in [0.5, 0.6) is 5.75 Å². The molecule has 180 valence electrons. The average Bonchev–Trinajstić information content (AvgIpc) is 3.33. The summed E-state index contributed by atoms with van der Waals surface area (Å²) in [5, 5.41) is 19.8. The first-order valence-corrected chi connectivity index (χ1v) is 11.0. The van der Waals surface area contributed by atoms with Crippen LogP contribution in [-0.2, 0) is 23.6 Å². The van der Waals surface area contributed by atoms with Gasteiger partial charge in [0, 0.05) is 44.1 Å². The number of aromatic nitrogens is 3. The molecule has 1 atom stereocenters. The Balaban J connectivity index is 1.37. The molecule has 2 aromatic carbocycles. The summed E-state index contributed by atoms with van der Waals surface area (Å²) in [5.74, 6) is -0.710. The molecule has 1 aliphatic rings. The summed E-state index contributed by atoms with van der Waals surface area (Å²) < 4.78 is 34.7. The SMILES string of the molecule is COc1ccc(CON=C2CCN(CC(O)(Cn3cncn3)c3ccc(F)cc3F)CC2)cc1. The zero-order valence-electron chi connectivity index (χ0n) is 18.9. The van der Waals surface area contributed by atoms with Crippen LogP contribution in [0.4, 0.5) is 8.78 Å². The van der Waals surface area contributed by atoms with Gasteiger partial charge in [-0.25, -0.2) is 18.4 Å². The first kappa shape index (κ1) is 23.8. The van der Waals surface area contributed by atoms with Gasteiger partial charge in [-0.2, -0.15) is 5.10 Å². The number of likely N-dealkylation sites (tertiary alicyclic amines) is 1. The van der Waals surface area contributed by atoms with Gasteiger partial charge in [-0.1, -0.05) is 23.4 Å². The lowest BCUT2D eigenvalue weighted by Gasteiger charge is -2.36. The van der Waals surface area contributed by atoms with E-state index < -0.39 is 17.2 Å². The van der Waals surface area contributed by atoms with Crippen molar-refractivity contribution >= 4 is 5.71 Å². The Kier molecular flexibility index (Phi) is 7.49. The summed E-state index contributed by atoms with van der Waals surface area (Å²) in [7, 11) is 1.62. The van der Waals surface area contributed by atoms with E-state index in [1.165, 1.54) is 23.4 Å². The fourth-order valence-corrected chi connectivity index (χ4v) is 4.02. The average molecular weight is 472 g/mol. The Morgan fingerprint density at radius 2 is 1.85 bits per heavy atom. The summed E-state index contributed by atoms with van der Waals surface area (Å²) in [4.78, 5) is 11.4. The van der Waals surface area contributed by atoms with Crippen molar-refractivity contribution in [3.05, 3.63) is 77.9 Å². The predicted octanol–water partition coefficient (Wildman–Crippen LogP) is 3.12. The smallest absolute Gasteiger partial charge is 0.142 e. The van der Waals surface area contributed by atoms with Crippen LogP contribution in [0, 0.1) is 11.6 Å². The molecule has 34 heavy (non-hydrogen) atoms. The number of nitrogens with zero attached hydrogens (tertiary/aromatic N) is 5. The van der Waals surface area contributed by atoms with Gasteiger partial charge in [0.25, 0.3) is 0 Å². The molecule has 1 N–H and O–H groups in total. The lowest BCUT2D eigenvalue weighted by Crippen LogP contribution is -2.47. The quantitative estimate of drug-likeness (QED) is 0.483. The predicted molar refractivity (Wildman–Crippen MR) is 121 cm³/mol. The normalized spacial score (nSPS) is 16.2. The van der Waals surface area contributed by atoms with Gasteiger partial charge in [0.15, 0.2) is 0 Å². The number of hydrogen-bond donors (Lipinski definition) is 1. The van der Waals surface area contributed by atoms with E-state index in [1.54, 1.807) is 7.11 Å². The van der Waals surface area contributed by atoms with Crippen LogP contribution in [0.2, 0.25) is 0 Å². The molecule has 0 radical (unpaired) electrons. The lowest BCUT2D eigenvalue weighted by atomic mass is 9.91. The minimum Gasteiger partial charge on any atom is -0.497 e. The van der Waals surface area contributed by atoms with Crippen molar-refractivity contribution in [2.24, 2.45) is 5.16 Å². The van der Waals surface area contributed by atoms with Crippen LogP contribution in [0.15, 0.2) is 60.3 Å². The molecule has 0 saturated carbocycles. The van der Waals surface area contributed by atoms with Gasteiger partial charge in [-0.05, 0) is 23.8 Å². The number of piperidine rings is 1. The topological polar surface area (TPSA) is 85.0 Å². The van der Waals surface area contributed by atoms with E-state index in [1.807, 2.05) is 29.2 Å². The van der Waals surface area contributed by atoms with Crippen molar-refractivity contribution in [2.75, 3.05) is 26.7 Å². The molecule has 0 bridgehead atoms. The molecule has 8 nitrogen and oxygen atoms in total. The second-order valence-corrected chi connectivity index (χ2v) is 8.30. The van der Waals surface area contributed by atoms with Crippen LogP contribution < -0.4 is 4.74 Å². The molecule has 0 aliphatic carbocycles. The Labute approximate surface area is 196 Å². The molecule has 10 heteroatoms. The zero-order chi connectivity index (χ0) is 24.0. The van der Waals surface area contributed by atoms with Crippen molar-refractivity contribution in [2.45, 2.75) is 31.6 Å². The number of aliphatic hydroxyl groups is 1. The number of benzene rings is 2. The number of hydrogen-bond acceptors (Lipinski definition) is 7. The third kappa shape index (κ3) is 5.95. The van der Waals surface area contributed by atoms with Crippen LogP contribution in [-0.4, -0.2) is 57.2 Å². The second kappa shape index (κ2) is 10.7. The van der Waals surface area contributed by atoms with Gasteiger partial charge < -0.3 is 14.7 Å². The summed E-state index contributed by atoms with van der Waals surface area (Å²) >= 11 is 0. The molecule has 4 rings (SSSR count). The van der Waals surface area contributed by atoms with Gasteiger partial charge in [0.2, 0.25) is 0 Å². The lowest BCUT2D eigenvalue weighted by molar-refractivity contribution is -0.0220. The van der Waals surface area contributed by atoms with Crippen molar-refractivity contribution in [3.8, 4) is 5.75 Å². The van der Waals surface area contributed by atoms with Crippen LogP contribution in [0.25, 0.3) is 0 Å². The van der Waals surface area contributed by atoms with Crippen molar-refractivity contribution in [1.82, 2.24) is 19.7 Å². The standard InChI is InChI=1S/C24H27F2N5O3/c1-33-21-5-2-18(3-6-21)13-34-29-20-8-10-30(11-9-20)14-24(32,15-31-17-27-16-28-31)22-7-4-19(25)12-23(22)26/h2-7,12,16-17,32H,8-11,13-15H2,1H3. The van der Waals surface area contributed by atoms with Gasteiger partial charge in [0.1, 0.15) is 42.2 Å². The minimum absolute atomic E-state index is 0.0159. The van der Waals surface area contributed by atoms with Crippen molar-refractivity contribution in [1.29, 1.82) is 0 Å². The van der Waals surface area contributed by atoms with Gasteiger partial charge >= 0.3 is 0 Å². The highest BCUT2D eigenvalue weighted by Gasteiger charge is 2.36. The molecule has 1 saturated heterocycles. The molecular weight excluding hydrogens is 444 g/mol. The monoisotopic (exact) mass is 471 g/mol. The molecular formula is C24H27F2N5O3. The molecule has 2 heterocycles. The Morgan fingerprint density at radius 1 is 1.09 bits per heavy atom. The molecule has 0 spiro atoms. The molecule has 0 amide bonds. The van der Waals surface area contributed by atoms with Crippen molar-refractivity contribution < 1.29 is 23.5 Å². The van der Waals surface area contributed by atoms with Crippen molar-refractivity contribution in [3.63, 3.8) is 0 Å². The number of ether oxygens (including phenoxy) is 1. The van der Waals surface area contributed by atoms with Gasteiger partial charge in [0.05, 0.1) is 19.4 Å². The van der Waals surface area contributed by atoms with E-state index in [4.69, 9.17) is 9.57 Å². The van der Waals surface area contributed by atoms with Crippen LogP contribution >= 0.6 is 0 Å². The van der Waals surface area contributed by atoms with Gasteiger partial charge in [-0.3, -0.25) is 4.90 Å². The summed E-state index contributed by atoms with van der Waals surface area (Å²) in [6.07, 6.45) is 4.12. The maximum atomic E-state index is 14.6. The third-order valence-electron chi connectivity index (χ3n) is 5.82. The third-order valence-corrected chi connectivity index (χ3v) is 5.82. The number of rotatable bonds is 9. The number of halogens is 2. The Morgan fingerprint density at radius 3 is 2.50 bits per heavy atom. The Hall–Kier alpha value is -3.37. The molecule has 1 aromatic heterocycles. The van der Waals surface area contributed by atoms with E-state index in [9.17, 15) is 13.9 Å². The summed E-state index contributed by atoms with van der Waals surface area (Å²) in [5.41, 5.74) is 0.316. The zero-order valence-corrected chi connectivity index (χ0v) is 18.9. The molecule has 3 aromatic rings. The van der Waals surface area contributed by atoms with Crippen LogP contribution in [0.1, 0.15) is 24.0 Å². The summed E-state index contributed by atoms with van der Waals surface area (Å²) in [6, 6.07) is 10.8. The molecule has 1 aliphatic heterocycles. The second-order valence-electron chi connectivity index (χ2n) is 8.30. The van der Waals surface area contributed by atoms with E-state index in [2.05, 4.69) is 15.2 Å². The first-order valence-electron chi connectivity index (χ1n) is 11.0. The maximum Gasteiger partial charge on any atom is 0.142 e. The van der Waals surface area contributed by atoms with E-state index in [-0.39, 0.29) is 18.7 Å². The molecule has 1 unspecified atom stereocenters. The van der Waals surface area contributed by atoms with E-state index in [0.717, 1.165) is 29.2 Å². The Bertz CT molecular complexity index is 1100. The molecule has 1 fully saturated rings. The summed E-state index contributed by atoms with van der Waals surface area (Å²) in [6.45, 7) is 1.73. The largest absolute Gasteiger partial charge is 0.497 e. The minimum atomic E-state index is -1.62. The number of methoxy groups -OCH3 is 1. The number of β-amino-alcohol motifs (C(OH)–C–C–N with tert-alkyl or cyclic N) is 1. The fraction of sp³-hybridized carbons (Fsp3) is 0.375. The van der Waals surface area contributed by atoms with Crippen LogP contribution in [0.3, 0.4) is 0 Å². The highest BCUT2D eigenvalue weighted by atomic mass is 19.1. The maximum absolute atomic E-state index is 14.6. The fourth-order valence-electron chi connectivity index (χ4n) is 4.02. The number of oxime groups is 1. The van der Waals surface area contributed by atoms with E-state index >= 15 is 0 Å². The first-order chi connectivity index (χ1) is 16.4. The van der Waals surface area contributed by atoms with Gasteiger partial charge in [-0.15, -0.1) is 0 Å². The van der Waals surface area contributed by atoms with E-state index in [0.29, 0.717) is 32.5 Å².